The Kier molecular flexibility index (Phi) is 3.55. The second kappa shape index (κ2) is 5.11. The van der Waals surface area contributed by atoms with E-state index in [1.807, 2.05) is 25.2 Å². The Morgan fingerprint density at radius 2 is 2.35 bits per heavy atom. The zero-order valence-electron chi connectivity index (χ0n) is 10.0. The predicted molar refractivity (Wildman–Crippen MR) is 65.3 cm³/mol. The van der Waals surface area contributed by atoms with Gasteiger partial charge in [0.15, 0.2) is 0 Å². The van der Waals surface area contributed by atoms with E-state index in [1.54, 1.807) is 6.07 Å². The van der Waals surface area contributed by atoms with Crippen LogP contribution in [0.25, 0.3) is 0 Å². The fraction of sp³-hybridized carbons (Fsp3) is 0.429. The summed E-state index contributed by atoms with van der Waals surface area (Å²) in [4.78, 5) is 13.7. The molecule has 1 aliphatic rings. The van der Waals surface area contributed by atoms with Gasteiger partial charge >= 0.3 is 0 Å². The van der Waals surface area contributed by atoms with Gasteiger partial charge in [-0.1, -0.05) is 12.1 Å². The first kappa shape index (κ1) is 11.8. The van der Waals surface area contributed by atoms with Gasteiger partial charge in [-0.3, -0.25) is 9.69 Å². The number of hydrogen-bond donors (Lipinski definition) is 0. The molecule has 0 spiro atoms. The molecular formula is C14H16N2O. The van der Waals surface area contributed by atoms with Crippen molar-refractivity contribution in [1.82, 2.24) is 4.90 Å². The van der Waals surface area contributed by atoms with Crippen LogP contribution in [0.3, 0.4) is 0 Å². The summed E-state index contributed by atoms with van der Waals surface area (Å²) in [5.41, 5.74) is 1.76. The first-order valence-electron chi connectivity index (χ1n) is 5.92. The number of benzene rings is 1. The van der Waals surface area contributed by atoms with Crippen molar-refractivity contribution in [2.45, 2.75) is 31.8 Å². The smallest absolute Gasteiger partial charge is 0.149 e. The highest BCUT2D eigenvalue weighted by molar-refractivity contribution is 5.85. The van der Waals surface area contributed by atoms with E-state index in [0.717, 1.165) is 24.9 Å². The highest BCUT2D eigenvalue weighted by atomic mass is 16.1. The standard InChI is InChI=1S/C14H16N2O/c1-16(13-6-3-7-14(13)17)10-12-5-2-4-11(8-12)9-15/h2,4-5,8,13H,3,6-7,10H2,1H3. The van der Waals surface area contributed by atoms with E-state index < -0.39 is 0 Å². The molecule has 1 aliphatic carbocycles. The third kappa shape index (κ3) is 2.72. The maximum Gasteiger partial charge on any atom is 0.149 e. The van der Waals surface area contributed by atoms with Gasteiger partial charge in [-0.2, -0.15) is 5.26 Å². The predicted octanol–water partition coefficient (Wildman–Crippen LogP) is 2.11. The molecule has 0 N–H and O–H groups in total. The van der Waals surface area contributed by atoms with Crippen LogP contribution in [0.4, 0.5) is 0 Å². The molecule has 1 unspecified atom stereocenters. The van der Waals surface area contributed by atoms with Gasteiger partial charge in [0, 0.05) is 13.0 Å². The summed E-state index contributed by atoms with van der Waals surface area (Å²) >= 11 is 0. The fourth-order valence-corrected chi connectivity index (χ4v) is 2.40. The van der Waals surface area contributed by atoms with Crippen LogP contribution in [0.5, 0.6) is 0 Å². The Morgan fingerprint density at radius 3 is 3.00 bits per heavy atom. The first-order valence-corrected chi connectivity index (χ1v) is 5.92. The molecular weight excluding hydrogens is 212 g/mol. The highest BCUT2D eigenvalue weighted by Crippen LogP contribution is 2.20. The third-order valence-electron chi connectivity index (χ3n) is 3.29. The Hall–Kier alpha value is -1.66. The molecule has 0 aliphatic heterocycles. The molecule has 0 aromatic heterocycles. The second-order valence-corrected chi connectivity index (χ2v) is 4.60. The van der Waals surface area contributed by atoms with Crippen molar-refractivity contribution in [2.24, 2.45) is 0 Å². The normalized spacial score (nSPS) is 19.6. The molecule has 1 aromatic rings. The van der Waals surface area contributed by atoms with Gasteiger partial charge in [0.2, 0.25) is 0 Å². The summed E-state index contributed by atoms with van der Waals surface area (Å²) in [6, 6.07) is 9.77. The lowest BCUT2D eigenvalue weighted by molar-refractivity contribution is -0.121. The molecule has 88 valence electrons. The number of Topliss-reactive ketones (excluding diaryl/α,β-unsaturated/α-hetero) is 1. The highest BCUT2D eigenvalue weighted by Gasteiger charge is 2.27. The molecule has 1 fully saturated rings. The van der Waals surface area contributed by atoms with Crippen LogP contribution in [-0.2, 0) is 11.3 Å². The summed E-state index contributed by atoms with van der Waals surface area (Å²) in [5.74, 6) is 0.351. The van der Waals surface area contributed by atoms with Crippen LogP contribution in [-0.4, -0.2) is 23.8 Å². The molecule has 0 heterocycles. The largest absolute Gasteiger partial charge is 0.298 e. The van der Waals surface area contributed by atoms with Crippen molar-refractivity contribution in [3.8, 4) is 6.07 Å². The molecule has 17 heavy (non-hydrogen) atoms. The zero-order valence-corrected chi connectivity index (χ0v) is 10.0. The average Bonchev–Trinajstić information content (AvgIpc) is 2.76. The Labute approximate surface area is 102 Å². The molecule has 3 nitrogen and oxygen atoms in total. The van der Waals surface area contributed by atoms with Gasteiger partial charge in [0.25, 0.3) is 0 Å². The van der Waals surface area contributed by atoms with Crippen molar-refractivity contribution in [3.63, 3.8) is 0 Å². The Morgan fingerprint density at radius 1 is 1.53 bits per heavy atom. The van der Waals surface area contributed by atoms with Gasteiger partial charge in [0.1, 0.15) is 5.78 Å². The summed E-state index contributed by atoms with van der Waals surface area (Å²) in [6.45, 7) is 0.728. The van der Waals surface area contributed by atoms with E-state index in [9.17, 15) is 4.79 Å². The number of ketones is 1. The Balaban J connectivity index is 2.05. The molecule has 1 saturated carbocycles. The minimum Gasteiger partial charge on any atom is -0.298 e. The van der Waals surface area contributed by atoms with Crippen molar-refractivity contribution in [3.05, 3.63) is 35.4 Å². The van der Waals surface area contributed by atoms with E-state index in [4.69, 9.17) is 5.26 Å². The van der Waals surface area contributed by atoms with Gasteiger partial charge in [-0.15, -0.1) is 0 Å². The minimum atomic E-state index is 0.0701. The number of nitriles is 1. The SMILES string of the molecule is CN(Cc1cccc(C#N)c1)C1CCCC1=O. The molecule has 0 radical (unpaired) electrons. The van der Waals surface area contributed by atoms with Crippen molar-refractivity contribution in [2.75, 3.05) is 7.05 Å². The lowest BCUT2D eigenvalue weighted by Crippen LogP contribution is -2.34. The summed E-state index contributed by atoms with van der Waals surface area (Å²) < 4.78 is 0. The van der Waals surface area contributed by atoms with E-state index in [-0.39, 0.29) is 6.04 Å². The zero-order chi connectivity index (χ0) is 12.3. The van der Waals surface area contributed by atoms with E-state index >= 15 is 0 Å². The number of carbonyl (C=O) groups excluding carboxylic acids is 1. The minimum absolute atomic E-state index is 0.0701. The fourth-order valence-electron chi connectivity index (χ4n) is 2.40. The van der Waals surface area contributed by atoms with Gasteiger partial charge in [-0.25, -0.2) is 0 Å². The van der Waals surface area contributed by atoms with E-state index in [1.165, 1.54) is 0 Å². The maximum atomic E-state index is 11.6. The van der Waals surface area contributed by atoms with Crippen molar-refractivity contribution in [1.29, 1.82) is 5.26 Å². The average molecular weight is 228 g/mol. The van der Waals surface area contributed by atoms with Gasteiger partial charge < -0.3 is 0 Å². The maximum absolute atomic E-state index is 11.6. The molecule has 3 heteroatoms. The topological polar surface area (TPSA) is 44.1 Å². The van der Waals surface area contributed by atoms with Gasteiger partial charge in [0.05, 0.1) is 17.7 Å². The number of likely N-dealkylation sites (N-methyl/N-ethyl adjacent to an activating group) is 1. The molecule has 0 saturated heterocycles. The summed E-state index contributed by atoms with van der Waals surface area (Å²) in [6.07, 6.45) is 2.69. The molecule has 0 amide bonds. The lowest BCUT2D eigenvalue weighted by Gasteiger charge is -2.22. The van der Waals surface area contributed by atoms with E-state index in [2.05, 4.69) is 11.0 Å². The van der Waals surface area contributed by atoms with Crippen LogP contribution in [0, 0.1) is 11.3 Å². The lowest BCUT2D eigenvalue weighted by atomic mass is 10.1. The summed E-state index contributed by atoms with van der Waals surface area (Å²) in [5, 5.41) is 8.83. The third-order valence-corrected chi connectivity index (χ3v) is 3.29. The monoisotopic (exact) mass is 228 g/mol. The van der Waals surface area contributed by atoms with Crippen LogP contribution < -0.4 is 0 Å². The van der Waals surface area contributed by atoms with E-state index in [0.29, 0.717) is 17.8 Å². The van der Waals surface area contributed by atoms with Crippen LogP contribution >= 0.6 is 0 Å². The number of hydrogen-bond acceptors (Lipinski definition) is 3. The number of carbonyl (C=O) groups is 1. The summed E-state index contributed by atoms with van der Waals surface area (Å²) in [7, 11) is 1.98. The van der Waals surface area contributed by atoms with Crippen LogP contribution in [0.15, 0.2) is 24.3 Å². The van der Waals surface area contributed by atoms with Crippen LogP contribution in [0.1, 0.15) is 30.4 Å². The first-order chi connectivity index (χ1) is 8.20. The van der Waals surface area contributed by atoms with Crippen molar-refractivity contribution >= 4 is 5.78 Å². The molecule has 1 aromatic carbocycles. The molecule has 2 rings (SSSR count). The number of rotatable bonds is 3. The molecule has 1 atom stereocenters. The van der Waals surface area contributed by atoms with Crippen molar-refractivity contribution < 1.29 is 4.79 Å². The quantitative estimate of drug-likeness (QED) is 0.796. The van der Waals surface area contributed by atoms with Crippen LogP contribution in [0.2, 0.25) is 0 Å². The number of nitrogens with zero attached hydrogens (tertiary/aromatic N) is 2. The van der Waals surface area contributed by atoms with Gasteiger partial charge in [-0.05, 0) is 37.6 Å². The Bertz CT molecular complexity index is 462. The molecule has 0 bridgehead atoms. The second-order valence-electron chi connectivity index (χ2n) is 4.60.